The fourth-order valence-electron chi connectivity index (χ4n) is 1.89. The standard InChI is InChI=1S/C15H16F3NO6/c1-9(20)25-14(13(22)24-3,15(16,17)18)12(21)19-8-10-4-6-11(23-2)7-5-10/h4-7H,8H2,1-3H3,(H,19,21). The summed E-state index contributed by atoms with van der Waals surface area (Å²) in [5.41, 5.74) is -3.65. The topological polar surface area (TPSA) is 90.9 Å². The molecule has 1 amide bonds. The number of esters is 2. The van der Waals surface area contributed by atoms with Gasteiger partial charge in [0.2, 0.25) is 0 Å². The van der Waals surface area contributed by atoms with Gasteiger partial charge in [0.1, 0.15) is 5.75 Å². The molecule has 138 valence electrons. The van der Waals surface area contributed by atoms with Crippen molar-refractivity contribution in [1.29, 1.82) is 0 Å². The number of amides is 1. The van der Waals surface area contributed by atoms with E-state index < -0.39 is 29.6 Å². The zero-order valence-corrected chi connectivity index (χ0v) is 13.6. The predicted molar refractivity (Wildman–Crippen MR) is 77.4 cm³/mol. The molecule has 0 heterocycles. The Kier molecular flexibility index (Phi) is 6.37. The summed E-state index contributed by atoms with van der Waals surface area (Å²) in [5.74, 6) is -4.88. The summed E-state index contributed by atoms with van der Waals surface area (Å²) in [5, 5.41) is 1.93. The Bertz CT molecular complexity index is 644. The number of halogens is 3. The van der Waals surface area contributed by atoms with E-state index >= 15 is 0 Å². The second kappa shape index (κ2) is 7.86. The summed E-state index contributed by atoms with van der Waals surface area (Å²) in [6.45, 7) is 0.291. The molecule has 1 N–H and O–H groups in total. The third kappa shape index (κ3) is 4.40. The van der Waals surface area contributed by atoms with Crippen molar-refractivity contribution in [2.24, 2.45) is 0 Å². The number of rotatable bonds is 6. The normalized spacial score (nSPS) is 13.4. The van der Waals surface area contributed by atoms with Gasteiger partial charge in [0, 0.05) is 13.5 Å². The Morgan fingerprint density at radius 1 is 1.08 bits per heavy atom. The van der Waals surface area contributed by atoms with Gasteiger partial charge in [0.05, 0.1) is 14.2 Å². The van der Waals surface area contributed by atoms with Gasteiger partial charge in [0.25, 0.3) is 5.91 Å². The molecule has 0 aliphatic carbocycles. The van der Waals surface area contributed by atoms with Crippen molar-refractivity contribution in [3.05, 3.63) is 29.8 Å². The number of ether oxygens (including phenoxy) is 3. The van der Waals surface area contributed by atoms with Gasteiger partial charge in [-0.05, 0) is 17.7 Å². The van der Waals surface area contributed by atoms with Crippen LogP contribution in [0.3, 0.4) is 0 Å². The van der Waals surface area contributed by atoms with Crippen LogP contribution in [0.1, 0.15) is 12.5 Å². The van der Waals surface area contributed by atoms with Crippen LogP contribution in [-0.2, 0) is 30.4 Å². The van der Waals surface area contributed by atoms with E-state index in [4.69, 9.17) is 4.74 Å². The van der Waals surface area contributed by atoms with E-state index in [0.29, 0.717) is 25.3 Å². The minimum absolute atomic E-state index is 0.348. The maximum absolute atomic E-state index is 13.4. The van der Waals surface area contributed by atoms with Gasteiger partial charge in [-0.3, -0.25) is 9.59 Å². The van der Waals surface area contributed by atoms with Gasteiger partial charge >= 0.3 is 23.7 Å². The molecule has 0 aliphatic heterocycles. The lowest BCUT2D eigenvalue weighted by Gasteiger charge is -2.30. The molecule has 1 aromatic rings. The van der Waals surface area contributed by atoms with Crippen LogP contribution in [-0.4, -0.2) is 43.8 Å². The number of methoxy groups -OCH3 is 2. The summed E-state index contributed by atoms with van der Waals surface area (Å²) in [7, 11) is 2.08. The molecule has 7 nitrogen and oxygen atoms in total. The minimum Gasteiger partial charge on any atom is -0.497 e. The summed E-state index contributed by atoms with van der Waals surface area (Å²) in [6, 6.07) is 6.06. The first kappa shape index (κ1) is 20.3. The highest BCUT2D eigenvalue weighted by Crippen LogP contribution is 2.35. The Morgan fingerprint density at radius 2 is 1.64 bits per heavy atom. The van der Waals surface area contributed by atoms with Crippen molar-refractivity contribution in [1.82, 2.24) is 5.32 Å². The number of benzene rings is 1. The zero-order valence-electron chi connectivity index (χ0n) is 13.6. The molecule has 0 bridgehead atoms. The zero-order chi connectivity index (χ0) is 19.3. The summed E-state index contributed by atoms with van der Waals surface area (Å²) < 4.78 is 53.2. The monoisotopic (exact) mass is 363 g/mol. The lowest BCUT2D eigenvalue weighted by molar-refractivity contribution is -0.262. The number of alkyl halides is 3. The molecule has 1 unspecified atom stereocenters. The van der Waals surface area contributed by atoms with E-state index in [-0.39, 0.29) is 6.54 Å². The lowest BCUT2D eigenvalue weighted by atomic mass is 10.0. The smallest absolute Gasteiger partial charge is 0.449 e. The van der Waals surface area contributed by atoms with E-state index in [0.717, 1.165) is 0 Å². The van der Waals surface area contributed by atoms with E-state index in [2.05, 4.69) is 9.47 Å². The van der Waals surface area contributed by atoms with Crippen LogP contribution in [0.15, 0.2) is 24.3 Å². The highest BCUT2D eigenvalue weighted by molar-refractivity contribution is 6.08. The van der Waals surface area contributed by atoms with Crippen LogP contribution in [0.2, 0.25) is 0 Å². The molecule has 0 saturated heterocycles. The largest absolute Gasteiger partial charge is 0.497 e. The molecule has 0 radical (unpaired) electrons. The lowest BCUT2D eigenvalue weighted by Crippen LogP contribution is -2.64. The van der Waals surface area contributed by atoms with Crippen LogP contribution in [0, 0.1) is 0 Å². The molecule has 1 rings (SSSR count). The number of carbonyl (C=O) groups excluding carboxylic acids is 3. The SMILES string of the molecule is COC(=O)C(OC(C)=O)(C(=O)NCc1ccc(OC)cc1)C(F)(F)F. The first-order valence-corrected chi connectivity index (χ1v) is 6.84. The number of carbonyl (C=O) groups is 3. The van der Waals surface area contributed by atoms with Crippen LogP contribution in [0.4, 0.5) is 13.2 Å². The van der Waals surface area contributed by atoms with Crippen LogP contribution < -0.4 is 10.1 Å². The van der Waals surface area contributed by atoms with Crippen LogP contribution in [0.5, 0.6) is 5.75 Å². The molecule has 0 spiro atoms. The first-order valence-electron chi connectivity index (χ1n) is 6.84. The van der Waals surface area contributed by atoms with Crippen molar-refractivity contribution in [2.75, 3.05) is 14.2 Å². The highest BCUT2D eigenvalue weighted by Gasteiger charge is 2.70. The van der Waals surface area contributed by atoms with E-state index in [1.807, 2.05) is 5.32 Å². The van der Waals surface area contributed by atoms with Gasteiger partial charge in [-0.25, -0.2) is 4.79 Å². The average molecular weight is 363 g/mol. The summed E-state index contributed by atoms with van der Waals surface area (Å²) in [4.78, 5) is 34.8. The van der Waals surface area contributed by atoms with E-state index in [1.165, 1.54) is 31.4 Å². The third-order valence-corrected chi connectivity index (χ3v) is 3.10. The molecule has 0 saturated carbocycles. The Hall–Kier alpha value is -2.78. The number of hydrogen-bond donors (Lipinski definition) is 1. The van der Waals surface area contributed by atoms with Crippen LogP contribution >= 0.6 is 0 Å². The third-order valence-electron chi connectivity index (χ3n) is 3.10. The van der Waals surface area contributed by atoms with Crippen molar-refractivity contribution >= 4 is 17.8 Å². The van der Waals surface area contributed by atoms with Gasteiger partial charge in [0.15, 0.2) is 0 Å². The van der Waals surface area contributed by atoms with Crippen molar-refractivity contribution in [2.45, 2.75) is 25.2 Å². The molecular weight excluding hydrogens is 347 g/mol. The molecule has 10 heteroatoms. The minimum atomic E-state index is -5.52. The molecule has 0 aromatic heterocycles. The Labute approximate surface area is 141 Å². The fraction of sp³-hybridized carbons (Fsp3) is 0.400. The fourth-order valence-corrected chi connectivity index (χ4v) is 1.89. The van der Waals surface area contributed by atoms with Crippen molar-refractivity contribution in [3.63, 3.8) is 0 Å². The maximum Gasteiger partial charge on any atom is 0.449 e. The second-order valence-electron chi connectivity index (χ2n) is 4.79. The molecule has 25 heavy (non-hydrogen) atoms. The van der Waals surface area contributed by atoms with E-state index in [9.17, 15) is 27.6 Å². The molecule has 1 atom stereocenters. The predicted octanol–water partition coefficient (Wildman–Crippen LogP) is 1.35. The number of hydrogen-bond acceptors (Lipinski definition) is 6. The average Bonchev–Trinajstić information content (AvgIpc) is 2.55. The Balaban J connectivity index is 3.09. The molecule has 1 aromatic carbocycles. The highest BCUT2D eigenvalue weighted by atomic mass is 19.4. The molecular formula is C15H16F3NO6. The van der Waals surface area contributed by atoms with Gasteiger partial charge < -0.3 is 19.5 Å². The number of nitrogens with one attached hydrogen (secondary N) is 1. The summed E-state index contributed by atoms with van der Waals surface area (Å²) in [6.07, 6.45) is -5.52. The molecule has 0 aliphatic rings. The van der Waals surface area contributed by atoms with Gasteiger partial charge in [-0.2, -0.15) is 13.2 Å². The first-order chi connectivity index (χ1) is 11.6. The van der Waals surface area contributed by atoms with Gasteiger partial charge in [-0.1, -0.05) is 12.1 Å². The Morgan fingerprint density at radius 3 is 2.04 bits per heavy atom. The second-order valence-corrected chi connectivity index (χ2v) is 4.79. The van der Waals surface area contributed by atoms with Crippen molar-refractivity contribution in [3.8, 4) is 5.75 Å². The van der Waals surface area contributed by atoms with Crippen molar-refractivity contribution < 1.29 is 41.8 Å². The van der Waals surface area contributed by atoms with Gasteiger partial charge in [-0.15, -0.1) is 0 Å². The van der Waals surface area contributed by atoms with Crippen LogP contribution in [0.25, 0.3) is 0 Å². The molecule has 0 fully saturated rings. The maximum atomic E-state index is 13.4. The van der Waals surface area contributed by atoms with E-state index in [1.54, 1.807) is 0 Å². The quantitative estimate of drug-likeness (QED) is 0.606. The summed E-state index contributed by atoms with van der Waals surface area (Å²) >= 11 is 0.